The van der Waals surface area contributed by atoms with Crippen LogP contribution in [0.15, 0.2) is 24.3 Å². The largest absolute Gasteiger partial charge is 0.464 e. The van der Waals surface area contributed by atoms with E-state index >= 15 is 0 Å². The summed E-state index contributed by atoms with van der Waals surface area (Å²) in [5, 5.41) is 2.82. The minimum absolute atomic E-state index is 0.0394. The Labute approximate surface area is 118 Å². The van der Waals surface area contributed by atoms with Gasteiger partial charge in [-0.15, -0.1) is 0 Å². The fourth-order valence-corrected chi connectivity index (χ4v) is 3.54. The van der Waals surface area contributed by atoms with Crippen molar-refractivity contribution in [2.45, 2.75) is 38.6 Å². The molecule has 1 aliphatic heterocycles. The van der Waals surface area contributed by atoms with Gasteiger partial charge in [0.15, 0.2) is 0 Å². The highest BCUT2D eigenvalue weighted by atomic mass is 16.5. The molecule has 1 N–H and O–H groups in total. The second-order valence-electron chi connectivity index (χ2n) is 5.74. The van der Waals surface area contributed by atoms with Gasteiger partial charge in [0.2, 0.25) is 5.91 Å². The summed E-state index contributed by atoms with van der Waals surface area (Å²) in [5.41, 5.74) is 2.28. The Kier molecular flexibility index (Phi) is 3.24. The summed E-state index contributed by atoms with van der Waals surface area (Å²) in [6, 6.07) is 7.79. The van der Waals surface area contributed by atoms with Crippen molar-refractivity contribution in [3.63, 3.8) is 0 Å². The molecule has 106 valence electrons. The van der Waals surface area contributed by atoms with Crippen molar-refractivity contribution in [2.24, 2.45) is 5.41 Å². The van der Waals surface area contributed by atoms with E-state index in [0.29, 0.717) is 13.0 Å². The predicted octanol–water partition coefficient (Wildman–Crippen LogP) is 1.61. The SMILES string of the molecule is CCOC(=O)C1NC(=O)CC12CCc1ccccc1C2. The number of hydrogen-bond donors (Lipinski definition) is 1. The van der Waals surface area contributed by atoms with Crippen LogP contribution in [0.2, 0.25) is 0 Å². The second-order valence-corrected chi connectivity index (χ2v) is 5.74. The maximum atomic E-state index is 12.1. The summed E-state index contributed by atoms with van der Waals surface area (Å²) in [6.45, 7) is 2.13. The lowest BCUT2D eigenvalue weighted by Gasteiger charge is -2.37. The van der Waals surface area contributed by atoms with Crippen molar-refractivity contribution in [3.05, 3.63) is 35.4 Å². The van der Waals surface area contributed by atoms with Crippen LogP contribution < -0.4 is 5.32 Å². The van der Waals surface area contributed by atoms with E-state index in [-0.39, 0.29) is 17.3 Å². The first-order valence-electron chi connectivity index (χ1n) is 7.17. The molecular formula is C16H19NO3. The number of ether oxygens (including phenoxy) is 1. The summed E-state index contributed by atoms with van der Waals surface area (Å²) in [4.78, 5) is 24.0. The van der Waals surface area contributed by atoms with E-state index < -0.39 is 6.04 Å². The lowest BCUT2D eigenvalue weighted by molar-refractivity contribution is -0.148. The number of carbonyl (C=O) groups excluding carboxylic acids is 2. The molecule has 0 bridgehead atoms. The van der Waals surface area contributed by atoms with Gasteiger partial charge < -0.3 is 10.1 Å². The summed E-state index contributed by atoms with van der Waals surface area (Å²) < 4.78 is 5.14. The molecule has 1 saturated heterocycles. The summed E-state index contributed by atoms with van der Waals surface area (Å²) in [7, 11) is 0. The fraction of sp³-hybridized carbons (Fsp3) is 0.500. The highest BCUT2D eigenvalue weighted by molar-refractivity contribution is 5.90. The molecule has 1 heterocycles. The van der Waals surface area contributed by atoms with Gasteiger partial charge in [0, 0.05) is 11.8 Å². The zero-order valence-corrected chi connectivity index (χ0v) is 11.6. The van der Waals surface area contributed by atoms with Crippen molar-refractivity contribution >= 4 is 11.9 Å². The molecular weight excluding hydrogens is 254 g/mol. The number of nitrogens with one attached hydrogen (secondary N) is 1. The second kappa shape index (κ2) is 4.93. The smallest absolute Gasteiger partial charge is 0.329 e. The first-order chi connectivity index (χ1) is 9.64. The molecule has 1 aromatic carbocycles. The van der Waals surface area contributed by atoms with Crippen molar-refractivity contribution in [3.8, 4) is 0 Å². The molecule has 1 aliphatic carbocycles. The quantitative estimate of drug-likeness (QED) is 0.833. The molecule has 2 atom stereocenters. The Morgan fingerprint density at radius 1 is 1.35 bits per heavy atom. The first kappa shape index (κ1) is 13.2. The molecule has 20 heavy (non-hydrogen) atoms. The van der Waals surface area contributed by atoms with Crippen LogP contribution in [0.4, 0.5) is 0 Å². The van der Waals surface area contributed by atoms with Gasteiger partial charge in [-0.25, -0.2) is 4.79 Å². The first-order valence-corrected chi connectivity index (χ1v) is 7.17. The molecule has 4 heteroatoms. The van der Waals surface area contributed by atoms with Crippen molar-refractivity contribution in [1.29, 1.82) is 0 Å². The average Bonchev–Trinajstić information content (AvgIpc) is 2.75. The number of hydrogen-bond acceptors (Lipinski definition) is 3. The normalized spacial score (nSPS) is 28.1. The van der Waals surface area contributed by atoms with E-state index in [4.69, 9.17) is 4.74 Å². The van der Waals surface area contributed by atoms with Gasteiger partial charge in [0.1, 0.15) is 6.04 Å². The fourth-order valence-electron chi connectivity index (χ4n) is 3.54. The molecule has 0 saturated carbocycles. The molecule has 3 rings (SSSR count). The Hall–Kier alpha value is -1.84. The molecule has 1 amide bonds. The number of benzene rings is 1. The van der Waals surface area contributed by atoms with E-state index in [2.05, 4.69) is 17.4 Å². The number of fused-ring (bicyclic) bond motifs is 1. The van der Waals surface area contributed by atoms with Gasteiger partial charge in [-0.05, 0) is 37.3 Å². The minimum Gasteiger partial charge on any atom is -0.464 e. The van der Waals surface area contributed by atoms with E-state index in [0.717, 1.165) is 19.3 Å². The van der Waals surface area contributed by atoms with E-state index in [1.54, 1.807) is 6.92 Å². The Morgan fingerprint density at radius 3 is 2.85 bits per heavy atom. The molecule has 1 spiro atoms. The van der Waals surface area contributed by atoms with Crippen LogP contribution in [0.5, 0.6) is 0 Å². The topological polar surface area (TPSA) is 55.4 Å². The van der Waals surface area contributed by atoms with Gasteiger partial charge in [-0.3, -0.25) is 4.79 Å². The van der Waals surface area contributed by atoms with Gasteiger partial charge in [0.25, 0.3) is 0 Å². The molecule has 1 fully saturated rings. The molecule has 0 aromatic heterocycles. The van der Waals surface area contributed by atoms with Gasteiger partial charge >= 0.3 is 5.97 Å². The Morgan fingerprint density at radius 2 is 2.10 bits per heavy atom. The number of rotatable bonds is 2. The third kappa shape index (κ3) is 2.09. The third-order valence-corrected chi connectivity index (χ3v) is 4.51. The van der Waals surface area contributed by atoms with Crippen LogP contribution in [-0.2, 0) is 27.2 Å². The number of aryl methyl sites for hydroxylation is 1. The van der Waals surface area contributed by atoms with Crippen LogP contribution in [0, 0.1) is 5.41 Å². The number of carbonyl (C=O) groups is 2. The monoisotopic (exact) mass is 273 g/mol. The van der Waals surface area contributed by atoms with Gasteiger partial charge in [-0.2, -0.15) is 0 Å². The van der Waals surface area contributed by atoms with Crippen LogP contribution in [-0.4, -0.2) is 24.5 Å². The maximum Gasteiger partial charge on any atom is 0.329 e. The lowest BCUT2D eigenvalue weighted by atomic mass is 9.67. The maximum absolute atomic E-state index is 12.1. The standard InChI is InChI=1S/C16H19NO3/c1-2-20-15(19)14-16(10-13(18)17-14)8-7-11-5-3-4-6-12(11)9-16/h3-6,14H,2,7-10H2,1H3,(H,17,18). The highest BCUT2D eigenvalue weighted by Crippen LogP contribution is 2.44. The zero-order valence-electron chi connectivity index (χ0n) is 11.6. The number of amides is 1. The summed E-state index contributed by atoms with van der Waals surface area (Å²) >= 11 is 0. The molecule has 2 unspecified atom stereocenters. The zero-order chi connectivity index (χ0) is 14.2. The lowest BCUT2D eigenvalue weighted by Crippen LogP contribution is -2.47. The van der Waals surface area contributed by atoms with E-state index in [1.807, 2.05) is 12.1 Å². The van der Waals surface area contributed by atoms with Crippen molar-refractivity contribution in [1.82, 2.24) is 5.32 Å². The van der Waals surface area contributed by atoms with Crippen molar-refractivity contribution < 1.29 is 14.3 Å². The predicted molar refractivity (Wildman–Crippen MR) is 74.1 cm³/mol. The molecule has 2 aliphatic rings. The Bertz CT molecular complexity index is 554. The van der Waals surface area contributed by atoms with Gasteiger partial charge in [0.05, 0.1) is 6.61 Å². The van der Waals surface area contributed by atoms with Crippen LogP contribution >= 0.6 is 0 Å². The van der Waals surface area contributed by atoms with E-state index in [9.17, 15) is 9.59 Å². The van der Waals surface area contributed by atoms with E-state index in [1.165, 1.54) is 11.1 Å². The Balaban J connectivity index is 1.91. The number of esters is 1. The molecule has 0 radical (unpaired) electrons. The molecule has 1 aromatic rings. The minimum atomic E-state index is -0.497. The van der Waals surface area contributed by atoms with Crippen LogP contribution in [0.3, 0.4) is 0 Å². The van der Waals surface area contributed by atoms with Crippen molar-refractivity contribution in [2.75, 3.05) is 6.61 Å². The average molecular weight is 273 g/mol. The third-order valence-electron chi connectivity index (χ3n) is 4.51. The van der Waals surface area contributed by atoms with Gasteiger partial charge in [-0.1, -0.05) is 24.3 Å². The van der Waals surface area contributed by atoms with Crippen LogP contribution in [0.25, 0.3) is 0 Å². The van der Waals surface area contributed by atoms with Crippen LogP contribution in [0.1, 0.15) is 30.9 Å². The highest BCUT2D eigenvalue weighted by Gasteiger charge is 2.52. The summed E-state index contributed by atoms with van der Waals surface area (Å²) in [6.07, 6.45) is 2.96. The summed E-state index contributed by atoms with van der Waals surface area (Å²) in [5.74, 6) is -0.333. The molecule has 4 nitrogen and oxygen atoms in total.